The number of sulfone groups is 1. The molecule has 4 N–H and O–H groups in total. The maximum atomic E-state index is 13.3. The maximum absolute atomic E-state index is 13.3. The van der Waals surface area contributed by atoms with Crippen LogP contribution in [-0.4, -0.2) is 14.3 Å². The highest BCUT2D eigenvalue weighted by molar-refractivity contribution is 7.90. The summed E-state index contributed by atoms with van der Waals surface area (Å²) < 4.78 is 37.8. The van der Waals surface area contributed by atoms with E-state index in [1.807, 2.05) is 0 Å². The van der Waals surface area contributed by atoms with Crippen LogP contribution < -0.4 is 11.5 Å². The second-order valence-electron chi connectivity index (χ2n) is 4.54. The molecule has 0 fully saturated rings. The zero-order valence-corrected chi connectivity index (χ0v) is 11.7. The number of halogens is 1. The first-order valence-corrected chi connectivity index (χ1v) is 7.61. The Labute approximate surface area is 121 Å². The fraction of sp³-hybridized carbons (Fsp3) is 0.0714. The molecule has 0 saturated heterocycles. The molecule has 0 aromatic heterocycles. The quantitative estimate of drug-likeness (QED) is 0.835. The Morgan fingerprint density at radius 2 is 1.86 bits per heavy atom. The fourth-order valence-corrected chi connectivity index (χ4v) is 3.27. The molecule has 110 valence electrons. The van der Waals surface area contributed by atoms with Crippen molar-refractivity contribution in [3.63, 3.8) is 0 Å². The summed E-state index contributed by atoms with van der Waals surface area (Å²) in [6.07, 6.45) is 0. The third-order valence-corrected chi connectivity index (χ3v) is 4.49. The Kier molecular flexibility index (Phi) is 3.95. The van der Waals surface area contributed by atoms with Crippen molar-refractivity contribution in [2.24, 2.45) is 5.73 Å². The lowest BCUT2D eigenvalue weighted by Gasteiger charge is -2.07. The first kappa shape index (κ1) is 15.0. The number of nitrogen functional groups attached to an aromatic ring is 1. The zero-order valence-electron chi connectivity index (χ0n) is 10.9. The van der Waals surface area contributed by atoms with Gasteiger partial charge in [-0.2, -0.15) is 0 Å². The molecule has 0 saturated carbocycles. The second kappa shape index (κ2) is 5.53. The average molecular weight is 308 g/mol. The first-order valence-electron chi connectivity index (χ1n) is 5.95. The summed E-state index contributed by atoms with van der Waals surface area (Å²) in [6.45, 7) is 0. The van der Waals surface area contributed by atoms with Gasteiger partial charge >= 0.3 is 0 Å². The van der Waals surface area contributed by atoms with Crippen molar-refractivity contribution in [1.82, 2.24) is 0 Å². The maximum Gasteiger partial charge on any atom is 0.248 e. The minimum atomic E-state index is -3.77. The van der Waals surface area contributed by atoms with Crippen molar-refractivity contribution >= 4 is 21.4 Å². The minimum absolute atomic E-state index is 0.0273. The van der Waals surface area contributed by atoms with Gasteiger partial charge in [-0.15, -0.1) is 0 Å². The summed E-state index contributed by atoms with van der Waals surface area (Å²) in [7, 11) is -3.77. The Morgan fingerprint density at radius 3 is 2.48 bits per heavy atom. The van der Waals surface area contributed by atoms with Gasteiger partial charge in [0.15, 0.2) is 9.84 Å². The monoisotopic (exact) mass is 308 g/mol. The number of carbonyl (C=O) groups excluding carboxylic acids is 1. The lowest BCUT2D eigenvalue weighted by Crippen LogP contribution is -2.12. The van der Waals surface area contributed by atoms with E-state index in [1.165, 1.54) is 24.3 Å². The van der Waals surface area contributed by atoms with Gasteiger partial charge in [0.1, 0.15) is 5.82 Å². The van der Waals surface area contributed by atoms with Crippen molar-refractivity contribution in [2.75, 3.05) is 5.73 Å². The van der Waals surface area contributed by atoms with Crippen molar-refractivity contribution in [3.05, 3.63) is 59.4 Å². The van der Waals surface area contributed by atoms with Gasteiger partial charge in [0.25, 0.3) is 0 Å². The molecule has 2 rings (SSSR count). The van der Waals surface area contributed by atoms with E-state index in [-0.39, 0.29) is 21.9 Å². The lowest BCUT2D eigenvalue weighted by molar-refractivity contribution is 0.1000. The van der Waals surface area contributed by atoms with Crippen LogP contribution in [0.3, 0.4) is 0 Å². The van der Waals surface area contributed by atoms with Gasteiger partial charge in [0.2, 0.25) is 5.91 Å². The fourth-order valence-electron chi connectivity index (χ4n) is 1.88. The summed E-state index contributed by atoms with van der Waals surface area (Å²) in [4.78, 5) is 10.9. The Bertz CT molecular complexity index is 783. The van der Waals surface area contributed by atoms with Crippen LogP contribution in [0.25, 0.3) is 0 Å². The van der Waals surface area contributed by atoms with Crippen LogP contribution in [0.2, 0.25) is 0 Å². The largest absolute Gasteiger partial charge is 0.399 e. The highest BCUT2D eigenvalue weighted by Gasteiger charge is 2.17. The van der Waals surface area contributed by atoms with Gasteiger partial charge in [0.05, 0.1) is 10.6 Å². The van der Waals surface area contributed by atoms with Gasteiger partial charge in [-0.05, 0) is 35.9 Å². The van der Waals surface area contributed by atoms with Crippen LogP contribution in [0.5, 0.6) is 0 Å². The molecule has 0 radical (unpaired) electrons. The number of primary amides is 1. The molecule has 2 aromatic rings. The highest BCUT2D eigenvalue weighted by Crippen LogP contribution is 2.20. The summed E-state index contributed by atoms with van der Waals surface area (Å²) in [5.74, 6) is -1.75. The van der Waals surface area contributed by atoms with Gasteiger partial charge < -0.3 is 11.5 Å². The third-order valence-electron chi connectivity index (χ3n) is 2.82. The number of rotatable bonds is 4. The predicted molar refractivity (Wildman–Crippen MR) is 76.7 cm³/mol. The summed E-state index contributed by atoms with van der Waals surface area (Å²) in [5.41, 5.74) is 11.2. The standard InChI is InChI=1S/C14H13FN2O3S/c15-11-5-12(16)7-13(6-11)21(19,20)8-9-2-1-3-10(4-9)14(17)18/h1-7H,8,16H2,(H2,17,18). The van der Waals surface area contributed by atoms with E-state index in [0.29, 0.717) is 5.56 Å². The third kappa shape index (κ3) is 3.57. The van der Waals surface area contributed by atoms with E-state index < -0.39 is 21.6 Å². The number of hydrogen-bond acceptors (Lipinski definition) is 4. The van der Waals surface area contributed by atoms with Crippen molar-refractivity contribution < 1.29 is 17.6 Å². The molecule has 0 aliphatic heterocycles. The number of anilines is 1. The number of benzene rings is 2. The Balaban J connectivity index is 2.37. The molecule has 0 aliphatic carbocycles. The molecule has 0 aliphatic rings. The molecule has 0 unspecified atom stereocenters. The Morgan fingerprint density at radius 1 is 1.14 bits per heavy atom. The van der Waals surface area contributed by atoms with E-state index in [2.05, 4.69) is 0 Å². The van der Waals surface area contributed by atoms with Crippen LogP contribution in [0.1, 0.15) is 15.9 Å². The zero-order chi connectivity index (χ0) is 15.6. The smallest absolute Gasteiger partial charge is 0.248 e. The van der Waals surface area contributed by atoms with Crippen molar-refractivity contribution in [3.8, 4) is 0 Å². The molecule has 0 heterocycles. The van der Waals surface area contributed by atoms with Gasteiger partial charge in [-0.3, -0.25) is 4.79 Å². The van der Waals surface area contributed by atoms with E-state index in [4.69, 9.17) is 11.5 Å². The van der Waals surface area contributed by atoms with Crippen LogP contribution in [0.15, 0.2) is 47.4 Å². The number of hydrogen-bond donors (Lipinski definition) is 2. The molecule has 0 bridgehead atoms. The van der Waals surface area contributed by atoms with Gasteiger partial charge in [-0.25, -0.2) is 12.8 Å². The normalized spacial score (nSPS) is 11.3. The summed E-state index contributed by atoms with van der Waals surface area (Å²) >= 11 is 0. The molecular weight excluding hydrogens is 295 g/mol. The molecular formula is C14H13FN2O3S. The van der Waals surface area contributed by atoms with Crippen LogP contribution in [0, 0.1) is 5.82 Å². The molecule has 7 heteroatoms. The van der Waals surface area contributed by atoms with E-state index in [1.54, 1.807) is 6.07 Å². The van der Waals surface area contributed by atoms with Crippen molar-refractivity contribution in [2.45, 2.75) is 10.6 Å². The summed E-state index contributed by atoms with van der Waals surface area (Å²) in [6, 6.07) is 9.09. The lowest BCUT2D eigenvalue weighted by atomic mass is 10.1. The number of nitrogens with two attached hydrogens (primary N) is 2. The molecule has 21 heavy (non-hydrogen) atoms. The molecule has 2 aromatic carbocycles. The number of carbonyl (C=O) groups is 1. The topological polar surface area (TPSA) is 103 Å². The molecule has 0 atom stereocenters. The first-order chi connectivity index (χ1) is 9.78. The predicted octanol–water partition coefficient (Wildman–Crippen LogP) is 1.48. The molecule has 5 nitrogen and oxygen atoms in total. The van der Waals surface area contributed by atoms with E-state index in [0.717, 1.165) is 12.1 Å². The van der Waals surface area contributed by atoms with Crippen molar-refractivity contribution in [1.29, 1.82) is 0 Å². The van der Waals surface area contributed by atoms with Crippen LogP contribution in [-0.2, 0) is 15.6 Å². The second-order valence-corrected chi connectivity index (χ2v) is 6.53. The molecule has 0 spiro atoms. The van der Waals surface area contributed by atoms with E-state index >= 15 is 0 Å². The number of amides is 1. The van der Waals surface area contributed by atoms with E-state index in [9.17, 15) is 17.6 Å². The minimum Gasteiger partial charge on any atom is -0.399 e. The van der Waals surface area contributed by atoms with Crippen LogP contribution in [0.4, 0.5) is 10.1 Å². The van der Waals surface area contributed by atoms with Crippen LogP contribution >= 0.6 is 0 Å². The molecule has 1 amide bonds. The van der Waals surface area contributed by atoms with Gasteiger partial charge in [-0.1, -0.05) is 12.1 Å². The van der Waals surface area contributed by atoms with Gasteiger partial charge in [0, 0.05) is 11.3 Å². The SMILES string of the molecule is NC(=O)c1cccc(CS(=O)(=O)c2cc(N)cc(F)c2)c1. The Hall–Kier alpha value is -2.41. The average Bonchev–Trinajstić information content (AvgIpc) is 2.37. The summed E-state index contributed by atoms with van der Waals surface area (Å²) in [5, 5.41) is 0. The highest BCUT2D eigenvalue weighted by atomic mass is 32.2.